The number of hydrogen-bond donors (Lipinski definition) is 1. The first-order valence-corrected chi connectivity index (χ1v) is 4.79. The Morgan fingerprint density at radius 2 is 2.29 bits per heavy atom. The van der Waals surface area contributed by atoms with Gasteiger partial charge in [0.05, 0.1) is 18.1 Å². The van der Waals surface area contributed by atoms with Crippen LogP contribution in [-0.2, 0) is 9.53 Å². The average molecular weight is 196 g/mol. The van der Waals surface area contributed by atoms with Crippen LogP contribution in [0.3, 0.4) is 0 Å². The highest BCUT2D eigenvalue weighted by molar-refractivity contribution is 5.81. The van der Waals surface area contributed by atoms with E-state index in [0.29, 0.717) is 19.6 Å². The summed E-state index contributed by atoms with van der Waals surface area (Å²) in [5.41, 5.74) is -1.15. The molecule has 0 bridgehead atoms. The van der Waals surface area contributed by atoms with E-state index in [2.05, 4.69) is 11.4 Å². The van der Waals surface area contributed by atoms with Crippen LogP contribution in [0.2, 0.25) is 0 Å². The fraction of sp³-hybridized carbons (Fsp3) is 0.800. The molecule has 1 N–H and O–H groups in total. The highest BCUT2D eigenvalue weighted by Crippen LogP contribution is 2.34. The third kappa shape index (κ3) is 1.88. The molecule has 0 amide bonds. The van der Waals surface area contributed by atoms with Gasteiger partial charge in [0, 0.05) is 6.54 Å². The van der Waals surface area contributed by atoms with Crippen molar-refractivity contribution in [3.05, 3.63) is 0 Å². The molecular weight excluding hydrogens is 180 g/mol. The van der Waals surface area contributed by atoms with Crippen LogP contribution in [0.1, 0.15) is 27.2 Å². The Kier molecular flexibility index (Phi) is 2.81. The number of carbonyl (C=O) groups excluding carboxylic acids is 1. The molecule has 14 heavy (non-hydrogen) atoms. The summed E-state index contributed by atoms with van der Waals surface area (Å²) in [6.07, 6.45) is 0.509. The van der Waals surface area contributed by atoms with Crippen LogP contribution >= 0.6 is 0 Å². The Balaban J connectivity index is 2.72. The maximum absolute atomic E-state index is 11.6. The second kappa shape index (κ2) is 3.58. The zero-order chi connectivity index (χ0) is 10.8. The van der Waals surface area contributed by atoms with Crippen molar-refractivity contribution in [2.75, 3.05) is 13.2 Å². The molecule has 1 fully saturated rings. The molecule has 4 heteroatoms. The van der Waals surface area contributed by atoms with E-state index in [-0.39, 0.29) is 5.97 Å². The lowest BCUT2D eigenvalue weighted by Crippen LogP contribution is -2.45. The molecule has 2 atom stereocenters. The third-order valence-corrected chi connectivity index (χ3v) is 2.61. The molecule has 2 unspecified atom stereocenters. The molecule has 78 valence electrons. The minimum absolute atomic E-state index is 0.265. The van der Waals surface area contributed by atoms with E-state index >= 15 is 0 Å². The Hall–Kier alpha value is -1.08. The van der Waals surface area contributed by atoms with Gasteiger partial charge in [0.2, 0.25) is 0 Å². The molecule has 0 saturated carbocycles. The van der Waals surface area contributed by atoms with Crippen LogP contribution in [0, 0.1) is 16.7 Å². The van der Waals surface area contributed by atoms with Gasteiger partial charge in [-0.1, -0.05) is 0 Å². The molecule has 0 aromatic heterocycles. The second-order valence-corrected chi connectivity index (χ2v) is 4.26. The van der Waals surface area contributed by atoms with E-state index in [9.17, 15) is 4.79 Å². The first-order chi connectivity index (χ1) is 6.46. The van der Waals surface area contributed by atoms with Crippen molar-refractivity contribution >= 4 is 5.97 Å². The Morgan fingerprint density at radius 3 is 2.71 bits per heavy atom. The maximum atomic E-state index is 11.6. The van der Waals surface area contributed by atoms with E-state index in [1.165, 1.54) is 0 Å². The number of nitrogens with zero attached hydrogens (tertiary/aromatic N) is 1. The van der Waals surface area contributed by atoms with E-state index in [4.69, 9.17) is 10.00 Å². The summed E-state index contributed by atoms with van der Waals surface area (Å²) in [5, 5.41) is 12.0. The van der Waals surface area contributed by atoms with Crippen molar-refractivity contribution in [3.8, 4) is 6.07 Å². The molecule has 4 nitrogen and oxygen atoms in total. The maximum Gasteiger partial charge on any atom is 0.326 e. The van der Waals surface area contributed by atoms with Crippen LogP contribution in [0.15, 0.2) is 0 Å². The van der Waals surface area contributed by atoms with Crippen LogP contribution in [0.5, 0.6) is 0 Å². The van der Waals surface area contributed by atoms with Crippen molar-refractivity contribution in [1.82, 2.24) is 5.32 Å². The van der Waals surface area contributed by atoms with Gasteiger partial charge in [0.25, 0.3) is 0 Å². The smallest absolute Gasteiger partial charge is 0.326 e. The standard InChI is InChI=1S/C10H16N2O2/c1-4-14-8(13)10(3)5-9(2,6-11)7-12-10/h12H,4-5,7H2,1-3H3. The first kappa shape index (κ1) is 11.0. The molecule has 0 aliphatic carbocycles. The Labute approximate surface area is 84.2 Å². The van der Waals surface area contributed by atoms with Crippen molar-refractivity contribution in [2.45, 2.75) is 32.7 Å². The number of esters is 1. The molecule has 1 aliphatic rings. The van der Waals surface area contributed by atoms with Crippen molar-refractivity contribution in [3.63, 3.8) is 0 Å². The second-order valence-electron chi connectivity index (χ2n) is 4.26. The highest BCUT2D eigenvalue weighted by atomic mass is 16.5. The monoisotopic (exact) mass is 196 g/mol. The van der Waals surface area contributed by atoms with Crippen molar-refractivity contribution < 1.29 is 9.53 Å². The van der Waals surface area contributed by atoms with E-state index < -0.39 is 11.0 Å². The summed E-state index contributed by atoms with van der Waals surface area (Å²) in [7, 11) is 0. The largest absolute Gasteiger partial charge is 0.465 e. The fourth-order valence-electron chi connectivity index (χ4n) is 1.81. The normalized spacial score (nSPS) is 36.4. The van der Waals surface area contributed by atoms with Gasteiger partial charge >= 0.3 is 5.97 Å². The van der Waals surface area contributed by atoms with Crippen LogP contribution in [0.25, 0.3) is 0 Å². The number of ether oxygens (including phenoxy) is 1. The lowest BCUT2D eigenvalue weighted by Gasteiger charge is -2.22. The number of nitrogens with one attached hydrogen (secondary N) is 1. The molecule has 0 spiro atoms. The van der Waals surface area contributed by atoms with Gasteiger partial charge in [-0.25, -0.2) is 0 Å². The summed E-state index contributed by atoms with van der Waals surface area (Å²) in [6.45, 7) is 6.33. The lowest BCUT2D eigenvalue weighted by molar-refractivity contribution is -0.150. The molecule has 0 aromatic carbocycles. The summed E-state index contributed by atoms with van der Waals surface area (Å²) in [6, 6.07) is 2.22. The van der Waals surface area contributed by atoms with Gasteiger partial charge in [0.15, 0.2) is 0 Å². The molecule has 1 aliphatic heterocycles. The Bertz CT molecular complexity index is 284. The van der Waals surface area contributed by atoms with Gasteiger partial charge in [-0.3, -0.25) is 4.79 Å². The molecule has 1 heterocycles. The number of carbonyl (C=O) groups is 1. The van der Waals surface area contributed by atoms with Gasteiger partial charge in [0.1, 0.15) is 5.54 Å². The first-order valence-electron chi connectivity index (χ1n) is 4.79. The molecule has 0 aromatic rings. The van der Waals surface area contributed by atoms with E-state index in [1.807, 2.05) is 6.92 Å². The number of hydrogen-bond acceptors (Lipinski definition) is 4. The van der Waals surface area contributed by atoms with E-state index in [0.717, 1.165) is 0 Å². The lowest BCUT2D eigenvalue weighted by atomic mass is 9.84. The predicted molar refractivity (Wildman–Crippen MR) is 51.4 cm³/mol. The minimum atomic E-state index is -0.694. The van der Waals surface area contributed by atoms with Gasteiger partial charge < -0.3 is 10.1 Å². The minimum Gasteiger partial charge on any atom is -0.465 e. The molecule has 1 rings (SSSR count). The highest BCUT2D eigenvalue weighted by Gasteiger charge is 2.48. The topological polar surface area (TPSA) is 62.1 Å². The van der Waals surface area contributed by atoms with E-state index in [1.54, 1.807) is 13.8 Å². The average Bonchev–Trinajstić information content (AvgIpc) is 2.46. The van der Waals surface area contributed by atoms with Crippen molar-refractivity contribution in [1.29, 1.82) is 5.26 Å². The predicted octanol–water partition coefficient (Wildman–Crippen LogP) is 0.831. The quantitative estimate of drug-likeness (QED) is 0.664. The van der Waals surface area contributed by atoms with Gasteiger partial charge in [-0.2, -0.15) is 5.26 Å². The van der Waals surface area contributed by atoms with Gasteiger partial charge in [-0.05, 0) is 27.2 Å². The summed E-state index contributed by atoms with van der Waals surface area (Å²) >= 11 is 0. The zero-order valence-corrected chi connectivity index (χ0v) is 8.89. The third-order valence-electron chi connectivity index (χ3n) is 2.61. The SMILES string of the molecule is CCOC(=O)C1(C)CC(C)(C#N)CN1. The fourth-order valence-corrected chi connectivity index (χ4v) is 1.81. The van der Waals surface area contributed by atoms with Gasteiger partial charge in [-0.15, -0.1) is 0 Å². The number of nitriles is 1. The molecule has 0 radical (unpaired) electrons. The molecule has 1 saturated heterocycles. The zero-order valence-electron chi connectivity index (χ0n) is 8.89. The Morgan fingerprint density at radius 1 is 1.64 bits per heavy atom. The molecular formula is C10H16N2O2. The van der Waals surface area contributed by atoms with Crippen LogP contribution in [0.4, 0.5) is 0 Å². The van der Waals surface area contributed by atoms with Crippen molar-refractivity contribution in [2.24, 2.45) is 5.41 Å². The number of rotatable bonds is 2. The summed E-state index contributed by atoms with van der Waals surface area (Å²) < 4.78 is 4.96. The van der Waals surface area contributed by atoms with Crippen LogP contribution in [-0.4, -0.2) is 24.7 Å². The van der Waals surface area contributed by atoms with Crippen LogP contribution < -0.4 is 5.32 Å². The summed E-state index contributed by atoms with van der Waals surface area (Å²) in [4.78, 5) is 11.6. The summed E-state index contributed by atoms with van der Waals surface area (Å²) in [5.74, 6) is -0.265.